The van der Waals surface area contributed by atoms with Crippen molar-refractivity contribution in [1.29, 1.82) is 0 Å². The zero-order chi connectivity index (χ0) is 13.8. The van der Waals surface area contributed by atoms with Gasteiger partial charge >= 0.3 is 0 Å². The first-order valence-electron chi connectivity index (χ1n) is 5.96. The van der Waals surface area contributed by atoms with Gasteiger partial charge in [0.25, 0.3) is 5.78 Å². The van der Waals surface area contributed by atoms with E-state index in [9.17, 15) is 4.79 Å². The predicted octanol–water partition coefficient (Wildman–Crippen LogP) is 1.10. The summed E-state index contributed by atoms with van der Waals surface area (Å²) in [5.41, 5.74) is 0. The Labute approximate surface area is 115 Å². The van der Waals surface area contributed by atoms with Crippen LogP contribution in [0, 0.1) is 0 Å². The fourth-order valence-corrected chi connectivity index (χ4v) is 1.79. The highest BCUT2D eigenvalue weighted by molar-refractivity contribution is 6.29. The third kappa shape index (κ3) is 3.54. The lowest BCUT2D eigenvalue weighted by atomic mass is 10.3. The van der Waals surface area contributed by atoms with Gasteiger partial charge in [-0.05, 0) is 13.8 Å². The lowest BCUT2D eigenvalue weighted by molar-refractivity contribution is -0.121. The van der Waals surface area contributed by atoms with Crippen LogP contribution in [0.5, 0.6) is 0 Å². The molecule has 0 aliphatic carbocycles. The summed E-state index contributed by atoms with van der Waals surface area (Å²) in [6.07, 6.45) is 1.77. The lowest BCUT2D eigenvalue weighted by Crippen LogP contribution is -2.31. The molecule has 2 aromatic heterocycles. The van der Waals surface area contributed by atoms with Crippen LogP contribution in [0.25, 0.3) is 5.78 Å². The SMILES string of the molecule is CC(C)NC(=O)CCNc1cc(Cl)nc2ncnn12. The van der Waals surface area contributed by atoms with E-state index in [0.717, 1.165) is 0 Å². The van der Waals surface area contributed by atoms with Crippen molar-refractivity contribution < 1.29 is 4.79 Å². The van der Waals surface area contributed by atoms with Crippen molar-refractivity contribution in [1.82, 2.24) is 24.9 Å². The van der Waals surface area contributed by atoms with Gasteiger partial charge < -0.3 is 10.6 Å². The molecule has 19 heavy (non-hydrogen) atoms. The molecule has 2 aromatic rings. The molecule has 2 heterocycles. The number of nitrogens with zero attached hydrogens (tertiary/aromatic N) is 4. The molecule has 0 aromatic carbocycles. The standard InChI is InChI=1S/C11H15ClN6O/c1-7(2)16-10(19)3-4-13-9-5-8(12)17-11-14-6-15-18(9)11/h5-7,13H,3-4H2,1-2H3,(H,16,19). The van der Waals surface area contributed by atoms with Crippen LogP contribution >= 0.6 is 11.6 Å². The van der Waals surface area contributed by atoms with Crippen molar-refractivity contribution in [3.8, 4) is 0 Å². The number of fused-ring (bicyclic) bond motifs is 1. The topological polar surface area (TPSA) is 84.2 Å². The molecule has 0 unspecified atom stereocenters. The zero-order valence-corrected chi connectivity index (χ0v) is 11.5. The van der Waals surface area contributed by atoms with Gasteiger partial charge in [0.2, 0.25) is 5.91 Å². The Hall–Kier alpha value is -1.89. The molecule has 0 aliphatic rings. The Morgan fingerprint density at radius 2 is 2.32 bits per heavy atom. The van der Waals surface area contributed by atoms with Gasteiger partial charge in [0.15, 0.2) is 0 Å². The van der Waals surface area contributed by atoms with E-state index in [1.165, 1.54) is 10.8 Å². The second-order valence-electron chi connectivity index (χ2n) is 4.33. The maximum Gasteiger partial charge on any atom is 0.255 e. The van der Waals surface area contributed by atoms with Gasteiger partial charge in [-0.1, -0.05) is 11.6 Å². The summed E-state index contributed by atoms with van der Waals surface area (Å²) in [5.74, 6) is 1.07. The zero-order valence-electron chi connectivity index (χ0n) is 10.7. The average Bonchev–Trinajstić information content (AvgIpc) is 2.75. The van der Waals surface area contributed by atoms with E-state index < -0.39 is 0 Å². The summed E-state index contributed by atoms with van der Waals surface area (Å²) >= 11 is 5.88. The molecule has 0 saturated carbocycles. The van der Waals surface area contributed by atoms with Gasteiger partial charge in [-0.3, -0.25) is 4.79 Å². The van der Waals surface area contributed by atoms with Crippen molar-refractivity contribution in [2.75, 3.05) is 11.9 Å². The first-order chi connectivity index (χ1) is 9.06. The van der Waals surface area contributed by atoms with E-state index in [4.69, 9.17) is 11.6 Å². The molecule has 8 heteroatoms. The van der Waals surface area contributed by atoms with Crippen molar-refractivity contribution in [3.63, 3.8) is 0 Å². The molecule has 0 bridgehead atoms. The number of carbonyl (C=O) groups is 1. The quantitative estimate of drug-likeness (QED) is 0.803. The Morgan fingerprint density at radius 3 is 3.05 bits per heavy atom. The lowest BCUT2D eigenvalue weighted by Gasteiger charge is -2.10. The van der Waals surface area contributed by atoms with E-state index in [1.54, 1.807) is 6.07 Å². The molecule has 0 spiro atoms. The number of aromatic nitrogens is 4. The van der Waals surface area contributed by atoms with Crippen LogP contribution in [0.2, 0.25) is 5.15 Å². The minimum atomic E-state index is -0.00233. The van der Waals surface area contributed by atoms with Crippen LogP contribution in [-0.2, 0) is 4.79 Å². The first-order valence-corrected chi connectivity index (χ1v) is 6.33. The Bertz CT molecular complexity index is 582. The summed E-state index contributed by atoms with van der Waals surface area (Å²) in [4.78, 5) is 19.5. The second kappa shape index (κ2) is 5.83. The number of hydrogen-bond donors (Lipinski definition) is 2. The van der Waals surface area contributed by atoms with Gasteiger partial charge in [0, 0.05) is 25.1 Å². The van der Waals surface area contributed by atoms with E-state index in [-0.39, 0.29) is 11.9 Å². The minimum Gasteiger partial charge on any atom is -0.369 e. The van der Waals surface area contributed by atoms with Crippen molar-refractivity contribution in [2.45, 2.75) is 26.3 Å². The van der Waals surface area contributed by atoms with E-state index >= 15 is 0 Å². The third-order valence-corrected chi connectivity index (χ3v) is 2.52. The number of hydrogen-bond acceptors (Lipinski definition) is 5. The van der Waals surface area contributed by atoms with Gasteiger partial charge in [0.05, 0.1) is 0 Å². The van der Waals surface area contributed by atoms with Crippen LogP contribution in [-0.4, -0.2) is 38.1 Å². The van der Waals surface area contributed by atoms with Crippen LogP contribution < -0.4 is 10.6 Å². The number of carbonyl (C=O) groups excluding carboxylic acids is 1. The Morgan fingerprint density at radius 1 is 1.53 bits per heavy atom. The third-order valence-electron chi connectivity index (χ3n) is 2.33. The Balaban J connectivity index is 1.98. The maximum atomic E-state index is 11.5. The molecule has 2 N–H and O–H groups in total. The van der Waals surface area contributed by atoms with Crippen LogP contribution in [0.4, 0.5) is 5.82 Å². The van der Waals surface area contributed by atoms with Crippen molar-refractivity contribution >= 4 is 29.1 Å². The normalized spacial score (nSPS) is 10.9. The van der Waals surface area contributed by atoms with Gasteiger partial charge in [-0.2, -0.15) is 19.6 Å². The monoisotopic (exact) mass is 282 g/mol. The van der Waals surface area contributed by atoms with Gasteiger partial charge in [-0.25, -0.2) is 0 Å². The number of anilines is 1. The molecular weight excluding hydrogens is 268 g/mol. The molecule has 2 rings (SSSR count). The number of nitrogens with one attached hydrogen (secondary N) is 2. The van der Waals surface area contributed by atoms with Crippen molar-refractivity contribution in [3.05, 3.63) is 17.5 Å². The highest BCUT2D eigenvalue weighted by Crippen LogP contribution is 2.14. The molecule has 0 fully saturated rings. The molecule has 0 radical (unpaired) electrons. The van der Waals surface area contributed by atoms with E-state index in [1.807, 2.05) is 13.8 Å². The second-order valence-corrected chi connectivity index (χ2v) is 4.72. The summed E-state index contributed by atoms with van der Waals surface area (Å²) in [6, 6.07) is 1.79. The molecule has 0 atom stereocenters. The summed E-state index contributed by atoms with van der Waals surface area (Å²) in [5, 5.41) is 10.3. The molecule has 1 amide bonds. The number of amides is 1. The summed E-state index contributed by atoms with van der Waals surface area (Å²) in [6.45, 7) is 4.33. The molecule has 7 nitrogen and oxygen atoms in total. The van der Waals surface area contributed by atoms with E-state index in [0.29, 0.717) is 29.7 Å². The average molecular weight is 283 g/mol. The largest absolute Gasteiger partial charge is 0.369 e. The summed E-state index contributed by atoms with van der Waals surface area (Å²) in [7, 11) is 0. The molecule has 102 valence electrons. The van der Waals surface area contributed by atoms with Crippen LogP contribution in [0.1, 0.15) is 20.3 Å². The Kier molecular flexibility index (Phi) is 4.16. The van der Waals surface area contributed by atoms with Crippen LogP contribution in [0.3, 0.4) is 0 Å². The number of halogens is 1. The van der Waals surface area contributed by atoms with Crippen molar-refractivity contribution in [2.24, 2.45) is 0 Å². The fraction of sp³-hybridized carbons (Fsp3) is 0.455. The highest BCUT2D eigenvalue weighted by Gasteiger charge is 2.07. The first kappa shape index (κ1) is 13.5. The smallest absolute Gasteiger partial charge is 0.255 e. The molecule has 0 aliphatic heterocycles. The van der Waals surface area contributed by atoms with Crippen LogP contribution in [0.15, 0.2) is 12.4 Å². The van der Waals surface area contributed by atoms with E-state index in [2.05, 4.69) is 25.7 Å². The highest BCUT2D eigenvalue weighted by atomic mass is 35.5. The number of rotatable bonds is 5. The molecule has 0 saturated heterocycles. The fourth-order valence-electron chi connectivity index (χ4n) is 1.61. The summed E-state index contributed by atoms with van der Waals surface area (Å²) < 4.78 is 1.53. The predicted molar refractivity (Wildman–Crippen MR) is 72.2 cm³/mol. The minimum absolute atomic E-state index is 0.00233. The van der Waals surface area contributed by atoms with Gasteiger partial charge in [0.1, 0.15) is 17.3 Å². The van der Waals surface area contributed by atoms with Gasteiger partial charge in [-0.15, -0.1) is 0 Å². The molecular formula is C11H15ClN6O. The maximum absolute atomic E-state index is 11.5.